The zero-order valence-electron chi connectivity index (χ0n) is 13.1. The highest BCUT2D eigenvalue weighted by atomic mass is 16.5. The number of anilines is 1. The summed E-state index contributed by atoms with van der Waals surface area (Å²) in [4.78, 5) is 0. The van der Waals surface area contributed by atoms with Gasteiger partial charge >= 0.3 is 0 Å². The quantitative estimate of drug-likeness (QED) is 0.915. The third kappa shape index (κ3) is 2.37. The van der Waals surface area contributed by atoms with Gasteiger partial charge < -0.3 is 19.9 Å². The molecule has 114 valence electrons. The zero-order valence-corrected chi connectivity index (χ0v) is 13.1. The predicted molar refractivity (Wildman–Crippen MR) is 82.1 cm³/mol. The van der Waals surface area contributed by atoms with Crippen molar-refractivity contribution in [2.45, 2.75) is 13.3 Å². The minimum Gasteiger partial charge on any atom is -0.493 e. The first-order valence-electron chi connectivity index (χ1n) is 6.69. The number of nitrogens with zero attached hydrogens (tertiary/aromatic N) is 2. The summed E-state index contributed by atoms with van der Waals surface area (Å²) in [6, 6.07) is 3.74. The van der Waals surface area contributed by atoms with Gasteiger partial charge in [0.15, 0.2) is 11.5 Å². The Morgan fingerprint density at radius 2 is 1.76 bits per heavy atom. The maximum Gasteiger partial charge on any atom is 0.203 e. The lowest BCUT2D eigenvalue weighted by atomic mass is 10.0. The molecule has 6 nitrogen and oxygen atoms in total. The third-order valence-electron chi connectivity index (χ3n) is 3.51. The number of nitrogens with two attached hydrogens (primary N) is 1. The van der Waals surface area contributed by atoms with Gasteiger partial charge in [0.2, 0.25) is 5.75 Å². The second kappa shape index (κ2) is 5.95. The standard InChI is InChI=1S/C15H21N3O3/c1-6-9-12(17-18(2)15(9)16)10-7-8-11(19-3)14(21-5)13(10)20-4/h7-8H,6,16H2,1-5H3. The fourth-order valence-corrected chi connectivity index (χ4v) is 2.43. The summed E-state index contributed by atoms with van der Waals surface area (Å²) in [5.41, 5.74) is 8.70. The minimum atomic E-state index is 0.545. The second-order valence-corrected chi connectivity index (χ2v) is 4.57. The number of benzene rings is 1. The van der Waals surface area contributed by atoms with E-state index in [1.807, 2.05) is 26.1 Å². The van der Waals surface area contributed by atoms with Crippen molar-refractivity contribution in [1.82, 2.24) is 9.78 Å². The average Bonchev–Trinajstić information content (AvgIpc) is 2.80. The summed E-state index contributed by atoms with van der Waals surface area (Å²) >= 11 is 0. The molecule has 2 N–H and O–H groups in total. The molecule has 0 aliphatic rings. The summed E-state index contributed by atoms with van der Waals surface area (Å²) in [6.07, 6.45) is 0.784. The maximum atomic E-state index is 6.07. The predicted octanol–water partition coefficient (Wildman–Crippen LogP) is 2.26. The summed E-state index contributed by atoms with van der Waals surface area (Å²) < 4.78 is 17.9. The molecule has 1 heterocycles. The van der Waals surface area contributed by atoms with Crippen molar-refractivity contribution in [2.75, 3.05) is 27.1 Å². The molecule has 21 heavy (non-hydrogen) atoms. The molecule has 0 aliphatic heterocycles. The van der Waals surface area contributed by atoms with Crippen LogP contribution in [0, 0.1) is 0 Å². The molecule has 0 atom stereocenters. The monoisotopic (exact) mass is 291 g/mol. The largest absolute Gasteiger partial charge is 0.493 e. The van der Waals surface area contributed by atoms with E-state index in [-0.39, 0.29) is 0 Å². The van der Waals surface area contributed by atoms with Gasteiger partial charge in [-0.15, -0.1) is 0 Å². The molecule has 2 aromatic rings. The highest BCUT2D eigenvalue weighted by molar-refractivity contribution is 5.78. The van der Waals surface area contributed by atoms with Crippen LogP contribution in [0.15, 0.2) is 12.1 Å². The van der Waals surface area contributed by atoms with Gasteiger partial charge in [-0.2, -0.15) is 5.10 Å². The number of methoxy groups -OCH3 is 3. The van der Waals surface area contributed by atoms with Crippen molar-refractivity contribution in [3.05, 3.63) is 17.7 Å². The van der Waals surface area contributed by atoms with Gasteiger partial charge in [-0.05, 0) is 18.6 Å². The molecule has 0 spiro atoms. The summed E-state index contributed by atoms with van der Waals surface area (Å²) in [5.74, 6) is 2.40. The van der Waals surface area contributed by atoms with Gasteiger partial charge in [0, 0.05) is 18.2 Å². The van der Waals surface area contributed by atoms with Crippen LogP contribution in [0.1, 0.15) is 12.5 Å². The van der Waals surface area contributed by atoms with Gasteiger partial charge in [0.05, 0.1) is 21.3 Å². The number of ether oxygens (including phenoxy) is 3. The highest BCUT2D eigenvalue weighted by Gasteiger charge is 2.22. The van der Waals surface area contributed by atoms with Crippen LogP contribution < -0.4 is 19.9 Å². The van der Waals surface area contributed by atoms with Gasteiger partial charge in [-0.25, -0.2) is 0 Å². The number of nitrogen functional groups attached to an aromatic ring is 1. The lowest BCUT2D eigenvalue weighted by molar-refractivity contribution is 0.325. The lowest BCUT2D eigenvalue weighted by Gasteiger charge is -2.15. The van der Waals surface area contributed by atoms with Crippen molar-refractivity contribution in [3.8, 4) is 28.5 Å². The molecule has 0 bridgehead atoms. The Kier molecular flexibility index (Phi) is 4.26. The van der Waals surface area contributed by atoms with Crippen LogP contribution in [0.5, 0.6) is 17.2 Å². The summed E-state index contributed by atoms with van der Waals surface area (Å²) in [6.45, 7) is 2.05. The molecule has 0 aliphatic carbocycles. The van der Waals surface area contributed by atoms with E-state index in [0.29, 0.717) is 23.1 Å². The summed E-state index contributed by atoms with van der Waals surface area (Å²) in [7, 11) is 6.59. The van der Waals surface area contributed by atoms with Crippen LogP contribution in [0.25, 0.3) is 11.3 Å². The normalized spacial score (nSPS) is 10.5. The van der Waals surface area contributed by atoms with E-state index in [2.05, 4.69) is 5.10 Å². The summed E-state index contributed by atoms with van der Waals surface area (Å²) in [5, 5.41) is 4.51. The number of hydrogen-bond donors (Lipinski definition) is 1. The van der Waals surface area contributed by atoms with Gasteiger partial charge in [0.25, 0.3) is 0 Å². The minimum absolute atomic E-state index is 0.545. The molecular formula is C15H21N3O3. The fourth-order valence-electron chi connectivity index (χ4n) is 2.43. The molecule has 2 rings (SSSR count). The van der Waals surface area contributed by atoms with Gasteiger partial charge in [-0.3, -0.25) is 4.68 Å². The number of hydrogen-bond acceptors (Lipinski definition) is 5. The van der Waals surface area contributed by atoms with E-state index < -0.39 is 0 Å². The maximum absolute atomic E-state index is 6.07. The Labute approximate surface area is 124 Å². The number of aryl methyl sites for hydroxylation is 1. The van der Waals surface area contributed by atoms with Crippen molar-refractivity contribution in [1.29, 1.82) is 0 Å². The molecule has 0 unspecified atom stereocenters. The van der Waals surface area contributed by atoms with Crippen molar-refractivity contribution in [3.63, 3.8) is 0 Å². The third-order valence-corrected chi connectivity index (χ3v) is 3.51. The Hall–Kier alpha value is -2.37. The topological polar surface area (TPSA) is 71.5 Å². The molecule has 1 aromatic carbocycles. The van der Waals surface area contributed by atoms with Gasteiger partial charge in [0.1, 0.15) is 11.5 Å². The highest BCUT2D eigenvalue weighted by Crippen LogP contribution is 2.45. The molecular weight excluding hydrogens is 270 g/mol. The Morgan fingerprint density at radius 1 is 1.10 bits per heavy atom. The van der Waals surface area contributed by atoms with E-state index in [1.54, 1.807) is 26.0 Å². The van der Waals surface area contributed by atoms with Crippen LogP contribution >= 0.6 is 0 Å². The van der Waals surface area contributed by atoms with E-state index in [4.69, 9.17) is 19.9 Å². The van der Waals surface area contributed by atoms with Crippen molar-refractivity contribution < 1.29 is 14.2 Å². The fraction of sp³-hybridized carbons (Fsp3) is 0.400. The number of rotatable bonds is 5. The molecule has 0 saturated carbocycles. The zero-order chi connectivity index (χ0) is 15.6. The molecule has 0 radical (unpaired) electrons. The molecule has 1 aromatic heterocycles. The molecule has 0 fully saturated rings. The van der Waals surface area contributed by atoms with Crippen molar-refractivity contribution in [2.24, 2.45) is 7.05 Å². The first-order chi connectivity index (χ1) is 10.1. The number of aromatic nitrogens is 2. The van der Waals surface area contributed by atoms with Crippen LogP contribution in [-0.2, 0) is 13.5 Å². The van der Waals surface area contributed by atoms with Crippen LogP contribution in [-0.4, -0.2) is 31.1 Å². The van der Waals surface area contributed by atoms with E-state index in [9.17, 15) is 0 Å². The SMILES string of the molecule is CCc1c(-c2ccc(OC)c(OC)c2OC)nn(C)c1N. The van der Waals surface area contributed by atoms with Gasteiger partial charge in [-0.1, -0.05) is 6.92 Å². The van der Waals surface area contributed by atoms with Crippen molar-refractivity contribution >= 4 is 5.82 Å². The van der Waals surface area contributed by atoms with Crippen LogP contribution in [0.4, 0.5) is 5.82 Å². The second-order valence-electron chi connectivity index (χ2n) is 4.57. The molecule has 0 amide bonds. The van der Waals surface area contributed by atoms with E-state index in [0.717, 1.165) is 23.2 Å². The average molecular weight is 291 g/mol. The molecule has 6 heteroatoms. The Bertz CT molecular complexity index is 650. The van der Waals surface area contributed by atoms with E-state index in [1.165, 1.54) is 0 Å². The first-order valence-corrected chi connectivity index (χ1v) is 6.69. The van der Waals surface area contributed by atoms with E-state index >= 15 is 0 Å². The Balaban J connectivity index is 2.72. The molecule has 0 saturated heterocycles. The first kappa shape index (κ1) is 15.0. The lowest BCUT2D eigenvalue weighted by Crippen LogP contribution is -1.98. The smallest absolute Gasteiger partial charge is 0.203 e. The Morgan fingerprint density at radius 3 is 2.29 bits per heavy atom. The van der Waals surface area contributed by atoms with Crippen LogP contribution in [0.3, 0.4) is 0 Å². The van der Waals surface area contributed by atoms with Crippen LogP contribution in [0.2, 0.25) is 0 Å².